The van der Waals surface area contributed by atoms with Gasteiger partial charge in [-0.15, -0.1) is 0 Å². The smallest absolute Gasteiger partial charge is 0.0714 e. The van der Waals surface area contributed by atoms with Crippen molar-refractivity contribution in [2.24, 2.45) is 0 Å². The second-order valence-electron chi connectivity index (χ2n) is 22.0. The average molecular weight is 1080 g/mol. The van der Waals surface area contributed by atoms with Crippen molar-refractivity contribution in [3.63, 3.8) is 0 Å². The molecule has 0 bridgehead atoms. The van der Waals surface area contributed by atoms with Gasteiger partial charge in [0.2, 0.25) is 0 Å². The van der Waals surface area contributed by atoms with Gasteiger partial charge in [0.25, 0.3) is 0 Å². The zero-order chi connectivity index (χ0) is 56.5. The molecule has 0 fully saturated rings. The van der Waals surface area contributed by atoms with Crippen molar-refractivity contribution in [2.75, 3.05) is 9.80 Å². The summed E-state index contributed by atoms with van der Waals surface area (Å²) in [6.07, 6.45) is 0. The van der Waals surface area contributed by atoms with Crippen LogP contribution < -0.4 is 9.80 Å². The lowest BCUT2D eigenvalue weighted by molar-refractivity contribution is 0.768. The van der Waals surface area contributed by atoms with Gasteiger partial charge in [0, 0.05) is 34.0 Å². The van der Waals surface area contributed by atoms with Crippen LogP contribution in [0.4, 0.5) is 34.1 Å². The molecule has 0 spiro atoms. The number of nitrogens with zero attached hydrogens (tertiary/aromatic N) is 2. The highest BCUT2D eigenvalue weighted by molar-refractivity contribution is 6.00. The average Bonchev–Trinajstić information content (AvgIpc) is 1.65. The topological polar surface area (TPSA) is 6.48 Å². The van der Waals surface area contributed by atoms with Crippen molar-refractivity contribution in [1.82, 2.24) is 0 Å². The summed E-state index contributed by atoms with van der Waals surface area (Å²) in [5.41, 5.74) is 25.2. The van der Waals surface area contributed by atoms with Crippen LogP contribution in [0.3, 0.4) is 0 Å². The monoisotopic (exact) mass is 1080 g/mol. The fourth-order valence-electron chi connectivity index (χ4n) is 13.2. The van der Waals surface area contributed by atoms with E-state index in [1.165, 1.54) is 60.8 Å². The minimum absolute atomic E-state index is 0.526. The number of hydrogen-bond donors (Lipinski definition) is 0. The third kappa shape index (κ3) is 9.18. The molecule has 0 amide bonds. The van der Waals surface area contributed by atoms with E-state index in [0.29, 0.717) is 0 Å². The number of hydrogen-bond acceptors (Lipinski definition) is 2. The highest BCUT2D eigenvalue weighted by Gasteiger charge is 2.46. The lowest BCUT2D eigenvalue weighted by Gasteiger charge is -2.35. The van der Waals surface area contributed by atoms with Crippen molar-refractivity contribution in [2.45, 2.75) is 5.41 Å². The predicted molar refractivity (Wildman–Crippen MR) is 358 cm³/mol. The molecular weight excluding hydrogens is 1020 g/mol. The molecule has 0 atom stereocenters. The molecule has 2 nitrogen and oxygen atoms in total. The third-order valence-electron chi connectivity index (χ3n) is 17.1. The second kappa shape index (κ2) is 22.0. The summed E-state index contributed by atoms with van der Waals surface area (Å²) in [4.78, 5) is 4.82. The standard InChI is InChI=1S/C83H58N2/c1-8-26-59(27-9-1)75-58-78(63-46-50-71(51-47-63)85(69-40-20-7-21-41-69)82-55-65-33-23-22-32-64(65)54-79(82)61-30-12-3-13-31-61)76(60-28-10-2-11-29-60)57-77(75)62-44-48-70(49-45-62)84(68-38-18-6-19-39-68)72-52-53-74-73-42-24-25-43-80(73)83(81(74)56-72,66-34-14-4-15-35-66)67-36-16-5-17-37-67/h1-58H. The number of anilines is 6. The lowest BCUT2D eigenvalue weighted by Crippen LogP contribution is -2.28. The molecular formula is C83H58N2. The van der Waals surface area contributed by atoms with E-state index in [-0.39, 0.29) is 0 Å². The quantitative estimate of drug-likeness (QED) is 0.114. The van der Waals surface area contributed by atoms with Gasteiger partial charge in [-0.25, -0.2) is 0 Å². The van der Waals surface area contributed by atoms with Gasteiger partial charge in [0.05, 0.1) is 11.1 Å². The zero-order valence-corrected chi connectivity index (χ0v) is 46.9. The van der Waals surface area contributed by atoms with Crippen molar-refractivity contribution in [3.8, 4) is 66.8 Å². The SMILES string of the molecule is c1ccc(-c2cc(-c3ccc(N(c4ccccc4)c4cc5ccccc5cc4-c4ccccc4)cc3)c(-c3ccccc3)cc2-c2ccc(N(c3ccccc3)c3ccc4c(c3)C(c3ccccc3)(c3ccccc3)c3ccccc3-4)cc2)cc1. The van der Waals surface area contributed by atoms with E-state index in [2.05, 4.69) is 362 Å². The normalized spacial score (nSPS) is 12.1. The van der Waals surface area contributed by atoms with E-state index in [4.69, 9.17) is 0 Å². The van der Waals surface area contributed by atoms with Gasteiger partial charge < -0.3 is 9.80 Å². The number of rotatable bonds is 13. The Bertz CT molecular complexity index is 4610. The van der Waals surface area contributed by atoms with Crippen LogP contribution in [0.15, 0.2) is 352 Å². The maximum atomic E-state index is 2.45. The number of para-hydroxylation sites is 2. The summed E-state index contributed by atoms with van der Waals surface area (Å²) < 4.78 is 0. The summed E-state index contributed by atoms with van der Waals surface area (Å²) >= 11 is 0. The van der Waals surface area contributed by atoms with Gasteiger partial charge in [-0.1, -0.05) is 267 Å². The predicted octanol–water partition coefficient (Wildman–Crippen LogP) is 22.5. The fraction of sp³-hybridized carbons (Fsp3) is 0.0120. The first-order valence-corrected chi connectivity index (χ1v) is 29.3. The molecule has 400 valence electrons. The molecule has 1 aliphatic rings. The molecule has 0 N–H and O–H groups in total. The van der Waals surface area contributed by atoms with Crippen LogP contribution >= 0.6 is 0 Å². The first-order chi connectivity index (χ1) is 42.2. The van der Waals surface area contributed by atoms with Crippen molar-refractivity contribution in [1.29, 1.82) is 0 Å². The van der Waals surface area contributed by atoms with E-state index in [0.717, 1.165) is 73.1 Å². The molecule has 0 radical (unpaired) electrons. The van der Waals surface area contributed by atoms with E-state index in [1.807, 2.05) is 0 Å². The van der Waals surface area contributed by atoms with Gasteiger partial charge in [-0.3, -0.25) is 0 Å². The molecule has 14 aromatic carbocycles. The largest absolute Gasteiger partial charge is 0.310 e. The van der Waals surface area contributed by atoms with Gasteiger partial charge in [0.15, 0.2) is 0 Å². The highest BCUT2D eigenvalue weighted by Crippen LogP contribution is 2.57. The van der Waals surface area contributed by atoms with Crippen molar-refractivity contribution < 1.29 is 0 Å². The van der Waals surface area contributed by atoms with Crippen LogP contribution in [0.1, 0.15) is 22.3 Å². The van der Waals surface area contributed by atoms with E-state index >= 15 is 0 Å². The molecule has 85 heavy (non-hydrogen) atoms. The van der Waals surface area contributed by atoms with E-state index in [1.54, 1.807) is 0 Å². The number of benzene rings is 14. The molecule has 0 heterocycles. The summed E-state index contributed by atoms with van der Waals surface area (Å²) in [6.45, 7) is 0. The van der Waals surface area contributed by atoms with Crippen molar-refractivity contribution >= 4 is 44.9 Å². The molecule has 2 heteroatoms. The Morgan fingerprint density at radius 1 is 0.188 bits per heavy atom. The van der Waals surface area contributed by atoms with Crippen molar-refractivity contribution in [3.05, 3.63) is 374 Å². The molecule has 0 saturated carbocycles. The highest BCUT2D eigenvalue weighted by atomic mass is 15.1. The Hall–Kier alpha value is -11.1. The Labute approximate surface area is 498 Å². The minimum atomic E-state index is -0.526. The van der Waals surface area contributed by atoms with Gasteiger partial charge in [-0.05, 0) is 179 Å². The molecule has 0 unspecified atom stereocenters. The van der Waals surface area contributed by atoms with Gasteiger partial charge in [0.1, 0.15) is 0 Å². The van der Waals surface area contributed by atoms with Crippen LogP contribution in [0.2, 0.25) is 0 Å². The lowest BCUT2D eigenvalue weighted by atomic mass is 9.67. The number of fused-ring (bicyclic) bond motifs is 4. The van der Waals surface area contributed by atoms with E-state index < -0.39 is 5.41 Å². The molecule has 0 aliphatic heterocycles. The maximum Gasteiger partial charge on any atom is 0.0714 e. The molecule has 15 rings (SSSR count). The van der Waals surface area contributed by atoms with E-state index in [9.17, 15) is 0 Å². The minimum Gasteiger partial charge on any atom is -0.310 e. The Morgan fingerprint density at radius 3 is 1.02 bits per heavy atom. The van der Waals surface area contributed by atoms with Gasteiger partial charge in [-0.2, -0.15) is 0 Å². The van der Waals surface area contributed by atoms with Gasteiger partial charge >= 0.3 is 0 Å². The Kier molecular flexibility index (Phi) is 13.2. The Morgan fingerprint density at radius 2 is 0.529 bits per heavy atom. The molecule has 0 saturated heterocycles. The molecule has 0 aromatic heterocycles. The Balaban J connectivity index is 0.861. The zero-order valence-electron chi connectivity index (χ0n) is 46.9. The summed E-state index contributed by atoms with van der Waals surface area (Å²) in [5, 5.41) is 2.40. The fourth-order valence-corrected chi connectivity index (χ4v) is 13.2. The summed E-state index contributed by atoms with van der Waals surface area (Å²) in [7, 11) is 0. The first kappa shape index (κ1) is 50.9. The molecule has 14 aromatic rings. The molecule has 1 aliphatic carbocycles. The maximum absolute atomic E-state index is 2.45. The van der Waals surface area contributed by atoms with Crippen LogP contribution in [0, 0.1) is 0 Å². The van der Waals surface area contributed by atoms with Crippen LogP contribution in [0.25, 0.3) is 77.5 Å². The second-order valence-corrected chi connectivity index (χ2v) is 22.0. The third-order valence-corrected chi connectivity index (χ3v) is 17.1. The van der Waals surface area contributed by atoms with Crippen LogP contribution in [0.5, 0.6) is 0 Å². The summed E-state index contributed by atoms with van der Waals surface area (Å²) in [5.74, 6) is 0. The van der Waals surface area contributed by atoms with Crippen LogP contribution in [-0.4, -0.2) is 0 Å². The first-order valence-electron chi connectivity index (χ1n) is 29.3. The van der Waals surface area contributed by atoms with Crippen LogP contribution in [-0.2, 0) is 5.41 Å². The summed E-state index contributed by atoms with van der Waals surface area (Å²) in [6, 6.07) is 129.